The molecule has 3 heterocycles. The average molecular weight is 393 g/mol. The van der Waals surface area contributed by atoms with Gasteiger partial charge in [-0.2, -0.15) is 18.3 Å². The number of amides is 1. The summed E-state index contributed by atoms with van der Waals surface area (Å²) in [6, 6.07) is 5.65. The molecular weight excluding hydrogens is 371 g/mol. The molecule has 2 aliphatic rings. The highest BCUT2D eigenvalue weighted by Gasteiger charge is 2.47. The molecule has 5 nitrogen and oxygen atoms in total. The van der Waals surface area contributed by atoms with Crippen LogP contribution in [0.5, 0.6) is 0 Å². The molecule has 0 radical (unpaired) electrons. The molecule has 1 aromatic carbocycles. The number of fused-ring (bicyclic) bond motifs is 2. The predicted molar refractivity (Wildman–Crippen MR) is 98.1 cm³/mol. The Labute approximate surface area is 161 Å². The Bertz CT molecular complexity index is 914. The van der Waals surface area contributed by atoms with Crippen LogP contribution in [-0.4, -0.2) is 41.6 Å². The van der Waals surface area contributed by atoms with Gasteiger partial charge in [-0.3, -0.25) is 9.48 Å². The first kappa shape index (κ1) is 19.0. The third kappa shape index (κ3) is 3.30. The zero-order valence-corrected chi connectivity index (χ0v) is 15.8. The molecule has 0 atom stereocenters. The van der Waals surface area contributed by atoms with Crippen molar-refractivity contribution in [3.8, 4) is 11.1 Å². The van der Waals surface area contributed by atoms with Gasteiger partial charge in [-0.25, -0.2) is 0 Å². The van der Waals surface area contributed by atoms with Gasteiger partial charge in [0.15, 0.2) is 0 Å². The minimum Gasteiger partial charge on any atom is -0.381 e. The number of ether oxygens (including phenoxy) is 1. The molecule has 4 rings (SSSR count). The van der Waals surface area contributed by atoms with Crippen molar-refractivity contribution < 1.29 is 22.7 Å². The van der Waals surface area contributed by atoms with Crippen LogP contribution in [0.25, 0.3) is 11.1 Å². The SMILES string of the molecule is Cc1nn(C)cc1-c1ccc2c(c1)C1(CCOCC1)CN2C(=O)CC(F)(F)F. The number of alkyl halides is 3. The van der Waals surface area contributed by atoms with Crippen LogP contribution in [-0.2, 0) is 22.0 Å². The van der Waals surface area contributed by atoms with Gasteiger partial charge >= 0.3 is 6.18 Å². The van der Waals surface area contributed by atoms with Crippen molar-refractivity contribution in [3.05, 3.63) is 35.7 Å². The minimum absolute atomic E-state index is 0.274. The van der Waals surface area contributed by atoms with Crippen LogP contribution in [0.1, 0.15) is 30.5 Å². The van der Waals surface area contributed by atoms with E-state index in [0.29, 0.717) is 31.7 Å². The Kier molecular flexibility index (Phi) is 4.49. The van der Waals surface area contributed by atoms with Crippen LogP contribution in [0.15, 0.2) is 24.4 Å². The second-order valence-corrected chi connectivity index (χ2v) is 7.70. The summed E-state index contributed by atoms with van der Waals surface area (Å²) in [5.41, 5.74) is 3.98. The van der Waals surface area contributed by atoms with Crippen LogP contribution in [0.3, 0.4) is 0 Å². The number of aryl methyl sites for hydroxylation is 2. The Hall–Kier alpha value is -2.35. The Morgan fingerprint density at radius 2 is 2.00 bits per heavy atom. The first-order valence-electron chi connectivity index (χ1n) is 9.29. The van der Waals surface area contributed by atoms with E-state index in [0.717, 1.165) is 22.4 Å². The number of carbonyl (C=O) groups is 1. The fourth-order valence-electron chi connectivity index (χ4n) is 4.40. The molecule has 0 unspecified atom stereocenters. The van der Waals surface area contributed by atoms with E-state index in [1.807, 2.05) is 32.3 Å². The third-order valence-corrected chi connectivity index (χ3v) is 5.75. The normalized spacial score (nSPS) is 18.5. The van der Waals surface area contributed by atoms with E-state index in [1.54, 1.807) is 10.7 Å². The molecule has 0 aliphatic carbocycles. The van der Waals surface area contributed by atoms with Gasteiger partial charge < -0.3 is 9.64 Å². The Morgan fingerprint density at radius 3 is 2.61 bits per heavy atom. The van der Waals surface area contributed by atoms with E-state index >= 15 is 0 Å². The van der Waals surface area contributed by atoms with E-state index < -0.39 is 18.5 Å². The van der Waals surface area contributed by atoms with Gasteiger partial charge in [-0.15, -0.1) is 0 Å². The highest BCUT2D eigenvalue weighted by Crippen LogP contribution is 2.48. The van der Waals surface area contributed by atoms with Crippen molar-refractivity contribution in [2.24, 2.45) is 7.05 Å². The standard InChI is InChI=1S/C20H22F3N3O2/c1-13-15(11-25(2)24-13)14-3-4-17-16(9-14)19(5-7-28-8-6-19)12-26(17)18(27)10-20(21,22)23/h3-4,9,11H,5-8,10,12H2,1-2H3. The van der Waals surface area contributed by atoms with Gasteiger partial charge in [0.05, 0.1) is 5.69 Å². The highest BCUT2D eigenvalue weighted by molar-refractivity contribution is 5.97. The molecule has 2 aliphatic heterocycles. The molecule has 28 heavy (non-hydrogen) atoms. The summed E-state index contributed by atoms with van der Waals surface area (Å²) in [7, 11) is 1.85. The van der Waals surface area contributed by atoms with E-state index in [1.165, 1.54) is 4.90 Å². The molecule has 1 spiro atoms. The maximum Gasteiger partial charge on any atom is 0.397 e. The van der Waals surface area contributed by atoms with Crippen LogP contribution >= 0.6 is 0 Å². The lowest BCUT2D eigenvalue weighted by Gasteiger charge is -2.34. The molecule has 0 bridgehead atoms. The highest BCUT2D eigenvalue weighted by atomic mass is 19.4. The zero-order chi connectivity index (χ0) is 20.1. The summed E-state index contributed by atoms with van der Waals surface area (Å²) in [4.78, 5) is 13.7. The van der Waals surface area contributed by atoms with Crippen molar-refractivity contribution in [1.29, 1.82) is 0 Å². The number of aromatic nitrogens is 2. The summed E-state index contributed by atoms with van der Waals surface area (Å²) in [6.45, 7) is 3.27. The smallest absolute Gasteiger partial charge is 0.381 e. The summed E-state index contributed by atoms with van der Waals surface area (Å²) in [5.74, 6) is -0.901. The summed E-state index contributed by atoms with van der Waals surface area (Å²) >= 11 is 0. The van der Waals surface area contributed by atoms with Crippen LogP contribution in [0.2, 0.25) is 0 Å². The number of halogens is 3. The fourth-order valence-corrected chi connectivity index (χ4v) is 4.40. The molecule has 0 saturated carbocycles. The van der Waals surface area contributed by atoms with Crippen molar-refractivity contribution in [2.75, 3.05) is 24.7 Å². The van der Waals surface area contributed by atoms with E-state index in [4.69, 9.17) is 4.74 Å². The quantitative estimate of drug-likeness (QED) is 0.781. The monoisotopic (exact) mass is 393 g/mol. The lowest BCUT2D eigenvalue weighted by molar-refractivity contribution is -0.152. The predicted octanol–water partition coefficient (Wildman–Crippen LogP) is 3.74. The number of nitrogens with zero attached hydrogens (tertiary/aromatic N) is 3. The van der Waals surface area contributed by atoms with Gasteiger partial charge in [0.25, 0.3) is 0 Å². The average Bonchev–Trinajstić information content (AvgIpc) is 3.11. The van der Waals surface area contributed by atoms with Gasteiger partial charge in [-0.05, 0) is 43.0 Å². The van der Waals surface area contributed by atoms with Crippen molar-refractivity contribution in [2.45, 2.75) is 37.8 Å². The van der Waals surface area contributed by atoms with Gasteiger partial charge in [0, 0.05) is 49.7 Å². The van der Waals surface area contributed by atoms with Crippen molar-refractivity contribution >= 4 is 11.6 Å². The first-order valence-corrected chi connectivity index (χ1v) is 9.29. The van der Waals surface area contributed by atoms with Gasteiger partial charge in [0.2, 0.25) is 5.91 Å². The zero-order valence-electron chi connectivity index (χ0n) is 15.8. The third-order valence-electron chi connectivity index (χ3n) is 5.75. The molecule has 8 heteroatoms. The van der Waals surface area contributed by atoms with Crippen LogP contribution in [0.4, 0.5) is 18.9 Å². The molecule has 0 N–H and O–H groups in total. The second-order valence-electron chi connectivity index (χ2n) is 7.70. The lowest BCUT2D eigenvalue weighted by atomic mass is 9.75. The van der Waals surface area contributed by atoms with Crippen molar-refractivity contribution in [3.63, 3.8) is 0 Å². The van der Waals surface area contributed by atoms with E-state index in [9.17, 15) is 18.0 Å². The summed E-state index contributed by atoms with van der Waals surface area (Å²) in [5, 5.41) is 4.38. The second kappa shape index (κ2) is 6.62. The molecule has 1 amide bonds. The largest absolute Gasteiger partial charge is 0.397 e. The molecule has 1 fully saturated rings. The summed E-state index contributed by atoms with van der Waals surface area (Å²) < 4.78 is 45.7. The maximum atomic E-state index is 12.8. The number of hydrogen-bond acceptors (Lipinski definition) is 3. The number of rotatable bonds is 2. The number of anilines is 1. The van der Waals surface area contributed by atoms with E-state index in [-0.39, 0.29) is 12.0 Å². The van der Waals surface area contributed by atoms with Crippen molar-refractivity contribution in [1.82, 2.24) is 9.78 Å². The number of benzene rings is 1. The van der Waals surface area contributed by atoms with Gasteiger partial charge in [0.1, 0.15) is 6.42 Å². The Morgan fingerprint density at radius 1 is 1.29 bits per heavy atom. The summed E-state index contributed by atoms with van der Waals surface area (Å²) in [6.07, 6.45) is -2.66. The topological polar surface area (TPSA) is 47.4 Å². The molecule has 150 valence electrons. The Balaban J connectivity index is 1.78. The maximum absolute atomic E-state index is 12.8. The van der Waals surface area contributed by atoms with E-state index in [2.05, 4.69) is 5.10 Å². The molecular formula is C20H22F3N3O2. The fraction of sp³-hybridized carbons (Fsp3) is 0.500. The minimum atomic E-state index is -4.52. The number of carbonyl (C=O) groups excluding carboxylic acids is 1. The molecule has 2 aromatic rings. The number of hydrogen-bond donors (Lipinski definition) is 0. The first-order chi connectivity index (χ1) is 13.2. The molecule has 1 aromatic heterocycles. The van der Waals surface area contributed by atoms with Crippen LogP contribution < -0.4 is 4.90 Å². The van der Waals surface area contributed by atoms with Crippen LogP contribution in [0, 0.1) is 6.92 Å². The molecule has 1 saturated heterocycles. The lowest BCUT2D eigenvalue weighted by Crippen LogP contribution is -2.41. The van der Waals surface area contributed by atoms with Gasteiger partial charge in [-0.1, -0.05) is 6.07 Å².